The third-order valence-corrected chi connectivity index (χ3v) is 7.35. The van der Waals surface area contributed by atoms with E-state index in [1.165, 1.54) is 11.7 Å². The van der Waals surface area contributed by atoms with Crippen LogP contribution >= 0.6 is 0 Å². The molecule has 0 aliphatic carbocycles. The largest absolute Gasteiger partial charge is 0.495 e. The summed E-state index contributed by atoms with van der Waals surface area (Å²) in [5, 5.41) is 5.76. The number of benzene rings is 3. The highest BCUT2D eigenvalue weighted by molar-refractivity contribution is 6.03. The van der Waals surface area contributed by atoms with Gasteiger partial charge >= 0.3 is 5.69 Å². The second kappa shape index (κ2) is 14.9. The molecule has 46 heavy (non-hydrogen) atoms. The van der Waals surface area contributed by atoms with E-state index in [2.05, 4.69) is 20.6 Å². The maximum atomic E-state index is 13.5. The van der Waals surface area contributed by atoms with E-state index in [9.17, 15) is 14.4 Å². The number of anilines is 2. The Morgan fingerprint density at radius 1 is 0.935 bits per heavy atom. The highest BCUT2D eigenvalue weighted by Crippen LogP contribution is 2.27. The summed E-state index contributed by atoms with van der Waals surface area (Å²) in [5.74, 6) is 0.918. The number of ether oxygens (including phenoxy) is 2. The molecule has 0 bridgehead atoms. The van der Waals surface area contributed by atoms with Crippen LogP contribution in [-0.2, 0) is 4.79 Å². The van der Waals surface area contributed by atoms with Crippen molar-refractivity contribution in [2.45, 2.75) is 39.0 Å². The molecule has 0 saturated carbocycles. The molecule has 238 valence electrons. The van der Waals surface area contributed by atoms with Gasteiger partial charge in [0.2, 0.25) is 5.91 Å². The molecule has 12 nitrogen and oxygen atoms in total. The van der Waals surface area contributed by atoms with Crippen molar-refractivity contribution in [2.24, 2.45) is 0 Å². The maximum Gasteiger partial charge on any atom is 0.332 e. The van der Waals surface area contributed by atoms with Gasteiger partial charge in [0.05, 0.1) is 30.8 Å². The third-order valence-electron chi connectivity index (χ3n) is 7.35. The Morgan fingerprint density at radius 3 is 2.43 bits per heavy atom. The molecule has 3 aromatic carbocycles. The van der Waals surface area contributed by atoms with E-state index in [0.717, 1.165) is 12.8 Å². The van der Waals surface area contributed by atoms with Crippen molar-refractivity contribution < 1.29 is 19.1 Å². The van der Waals surface area contributed by atoms with Crippen LogP contribution in [0.15, 0.2) is 77.6 Å². The van der Waals surface area contributed by atoms with Crippen LogP contribution in [0.3, 0.4) is 0 Å². The van der Waals surface area contributed by atoms with Crippen LogP contribution in [0.25, 0.3) is 28.2 Å². The number of imidazole rings is 1. The van der Waals surface area contributed by atoms with Gasteiger partial charge in [-0.25, -0.2) is 19.3 Å². The predicted octanol–water partition coefficient (Wildman–Crippen LogP) is 5.08. The van der Waals surface area contributed by atoms with E-state index in [0.29, 0.717) is 66.5 Å². The summed E-state index contributed by atoms with van der Waals surface area (Å²) < 4.78 is 12.4. The molecule has 0 radical (unpaired) electrons. The molecule has 0 fully saturated rings. The molecule has 5 aromatic rings. The van der Waals surface area contributed by atoms with Crippen LogP contribution in [0.2, 0.25) is 0 Å². The first kappa shape index (κ1) is 31.8. The highest BCUT2D eigenvalue weighted by atomic mass is 16.5. The molecule has 0 atom stereocenters. The number of nitrogens with zero attached hydrogens (tertiary/aromatic N) is 3. The number of H-pyrrole nitrogens is 1. The fourth-order valence-corrected chi connectivity index (χ4v) is 5.06. The van der Waals surface area contributed by atoms with Crippen LogP contribution < -0.4 is 31.5 Å². The molecule has 2 aromatic heterocycles. The van der Waals surface area contributed by atoms with Crippen molar-refractivity contribution in [1.82, 2.24) is 24.8 Å². The van der Waals surface area contributed by atoms with E-state index in [4.69, 9.17) is 20.2 Å². The van der Waals surface area contributed by atoms with E-state index >= 15 is 0 Å². The van der Waals surface area contributed by atoms with Gasteiger partial charge in [0.15, 0.2) is 17.2 Å². The van der Waals surface area contributed by atoms with Crippen molar-refractivity contribution in [3.63, 3.8) is 0 Å². The van der Waals surface area contributed by atoms with Crippen LogP contribution in [-0.4, -0.2) is 51.6 Å². The van der Waals surface area contributed by atoms with Gasteiger partial charge in [-0.2, -0.15) is 0 Å². The summed E-state index contributed by atoms with van der Waals surface area (Å²) >= 11 is 0. The summed E-state index contributed by atoms with van der Waals surface area (Å²) in [6, 6.07) is 21.4. The molecule has 0 aliphatic rings. The summed E-state index contributed by atoms with van der Waals surface area (Å²) in [7, 11) is 1.52. The first-order valence-corrected chi connectivity index (χ1v) is 15.2. The number of amides is 2. The SMILES string of the molecule is CCOc1ccc(-c2nc(C(=O)NCCCCCCC(=O)Nc3ccccc3N)c3[nH]c(=O)n(-c4ccccc4OC)c3n2)cc1. The monoisotopic (exact) mass is 623 g/mol. The van der Waals surface area contributed by atoms with Gasteiger partial charge in [-0.15, -0.1) is 0 Å². The number of fused-ring (bicyclic) bond motifs is 1. The Hall–Kier alpha value is -5.65. The van der Waals surface area contributed by atoms with Crippen molar-refractivity contribution in [2.75, 3.05) is 31.3 Å². The number of unbranched alkanes of at least 4 members (excludes halogenated alkanes) is 3. The summed E-state index contributed by atoms with van der Waals surface area (Å²) in [6.45, 7) is 2.83. The minimum Gasteiger partial charge on any atom is -0.495 e. The lowest BCUT2D eigenvalue weighted by molar-refractivity contribution is -0.116. The van der Waals surface area contributed by atoms with Crippen molar-refractivity contribution in [1.29, 1.82) is 0 Å². The Labute approximate surface area is 266 Å². The second-order valence-electron chi connectivity index (χ2n) is 10.5. The van der Waals surface area contributed by atoms with E-state index in [1.807, 2.05) is 19.1 Å². The normalized spacial score (nSPS) is 10.9. The van der Waals surface area contributed by atoms with E-state index in [-0.39, 0.29) is 28.6 Å². The summed E-state index contributed by atoms with van der Waals surface area (Å²) in [6.07, 6.45) is 3.44. The van der Waals surface area contributed by atoms with Crippen molar-refractivity contribution in [3.05, 3.63) is 89.0 Å². The zero-order chi connectivity index (χ0) is 32.5. The molecule has 5 rings (SSSR count). The van der Waals surface area contributed by atoms with Crippen LogP contribution in [0.1, 0.15) is 49.5 Å². The number of carbonyl (C=O) groups is 2. The predicted molar refractivity (Wildman–Crippen MR) is 178 cm³/mol. The molecular weight excluding hydrogens is 586 g/mol. The molecule has 0 spiro atoms. The second-order valence-corrected chi connectivity index (χ2v) is 10.5. The van der Waals surface area contributed by atoms with Crippen LogP contribution in [0.5, 0.6) is 11.5 Å². The fraction of sp³-hybridized carbons (Fsp3) is 0.265. The number of aromatic nitrogens is 4. The first-order valence-electron chi connectivity index (χ1n) is 15.2. The molecule has 0 unspecified atom stereocenters. The Morgan fingerprint density at radius 2 is 1.67 bits per heavy atom. The van der Waals surface area contributed by atoms with E-state index < -0.39 is 11.6 Å². The maximum absolute atomic E-state index is 13.5. The van der Waals surface area contributed by atoms with Gasteiger partial charge in [-0.3, -0.25) is 9.59 Å². The van der Waals surface area contributed by atoms with Gasteiger partial charge in [0.25, 0.3) is 5.91 Å². The number of carbonyl (C=O) groups excluding carboxylic acids is 2. The summed E-state index contributed by atoms with van der Waals surface area (Å²) in [4.78, 5) is 51.1. The highest BCUT2D eigenvalue weighted by Gasteiger charge is 2.23. The van der Waals surface area contributed by atoms with E-state index in [1.54, 1.807) is 60.7 Å². The number of methoxy groups -OCH3 is 1. The number of hydrogen-bond donors (Lipinski definition) is 4. The Kier molecular flexibility index (Phi) is 10.3. The van der Waals surface area contributed by atoms with Gasteiger partial charge < -0.3 is 30.8 Å². The fourth-order valence-electron chi connectivity index (χ4n) is 5.06. The van der Waals surface area contributed by atoms with Gasteiger partial charge in [0, 0.05) is 18.5 Å². The number of nitrogen functional groups attached to an aromatic ring is 1. The van der Waals surface area contributed by atoms with Crippen molar-refractivity contribution >= 4 is 34.4 Å². The molecule has 2 amide bonds. The number of hydrogen-bond acceptors (Lipinski definition) is 8. The number of aromatic amines is 1. The molecular formula is C34H37N7O5. The minimum absolute atomic E-state index is 0.0523. The topological polar surface area (TPSA) is 166 Å². The summed E-state index contributed by atoms with van der Waals surface area (Å²) in [5.41, 5.74) is 8.19. The molecule has 2 heterocycles. The lowest BCUT2D eigenvalue weighted by Gasteiger charge is -2.11. The third kappa shape index (κ3) is 7.34. The average molecular weight is 624 g/mol. The Balaban J connectivity index is 1.29. The molecule has 0 saturated heterocycles. The molecule has 5 N–H and O–H groups in total. The average Bonchev–Trinajstić information content (AvgIpc) is 3.40. The quantitative estimate of drug-likeness (QED) is 0.0981. The van der Waals surface area contributed by atoms with Gasteiger partial charge in [0.1, 0.15) is 17.0 Å². The molecule has 0 aliphatic heterocycles. The van der Waals surface area contributed by atoms with Crippen LogP contribution in [0, 0.1) is 0 Å². The number of para-hydroxylation sites is 4. The number of nitrogens with two attached hydrogens (primary N) is 1. The molecule has 12 heteroatoms. The Bertz CT molecular complexity index is 1880. The van der Waals surface area contributed by atoms with Gasteiger partial charge in [-0.05, 0) is 68.3 Å². The number of rotatable bonds is 14. The zero-order valence-electron chi connectivity index (χ0n) is 25.8. The first-order chi connectivity index (χ1) is 22.4. The number of nitrogens with one attached hydrogen (secondary N) is 3. The zero-order valence-corrected chi connectivity index (χ0v) is 25.8. The lowest BCUT2D eigenvalue weighted by atomic mass is 10.1. The van der Waals surface area contributed by atoms with Crippen molar-refractivity contribution in [3.8, 4) is 28.6 Å². The standard InChI is InChI=1S/C34H37N7O5/c1-3-46-23-19-17-22(18-20-23)31-38-30(29-32(40-31)41(34(44)39-29)26-14-9-10-15-27(26)45-2)33(43)36-21-11-5-4-6-16-28(42)37-25-13-8-7-12-24(25)35/h7-10,12-15,17-20H,3-6,11,16,21,35H2,1-2H3,(H,36,43)(H,37,42)(H,39,44). The smallest absolute Gasteiger partial charge is 0.332 e. The minimum atomic E-state index is -0.481. The van der Waals surface area contributed by atoms with Gasteiger partial charge in [-0.1, -0.05) is 37.1 Å². The lowest BCUT2D eigenvalue weighted by Crippen LogP contribution is -2.26. The van der Waals surface area contributed by atoms with Crippen LogP contribution in [0.4, 0.5) is 11.4 Å².